The first-order chi connectivity index (χ1) is 10.7. The molecule has 1 aromatic heterocycles. The van der Waals surface area contributed by atoms with Gasteiger partial charge in [-0.3, -0.25) is 14.6 Å². The number of carbonyl (C=O) groups is 2. The summed E-state index contributed by atoms with van der Waals surface area (Å²) in [5, 5.41) is 0. The van der Waals surface area contributed by atoms with Gasteiger partial charge in [0.25, 0.3) is 0 Å². The van der Waals surface area contributed by atoms with Crippen LogP contribution in [0.3, 0.4) is 0 Å². The van der Waals surface area contributed by atoms with Gasteiger partial charge in [0.1, 0.15) is 5.75 Å². The van der Waals surface area contributed by atoms with Gasteiger partial charge in [-0.05, 0) is 36.4 Å². The van der Waals surface area contributed by atoms with Crippen LogP contribution in [-0.2, 0) is 0 Å². The third-order valence-corrected chi connectivity index (χ3v) is 2.97. The van der Waals surface area contributed by atoms with Crippen LogP contribution in [0.2, 0.25) is 0 Å². The first-order valence-electron chi connectivity index (χ1n) is 7.31. The Balaban J connectivity index is 0.00000116. The fourth-order valence-electron chi connectivity index (χ4n) is 1.82. The molecule has 4 nitrogen and oxygen atoms in total. The molecule has 1 heterocycles. The zero-order valence-electron chi connectivity index (χ0n) is 13.2. The number of hydrogen-bond donors (Lipinski definition) is 0. The van der Waals surface area contributed by atoms with Crippen LogP contribution >= 0.6 is 0 Å². The predicted molar refractivity (Wildman–Crippen MR) is 86.5 cm³/mol. The molecule has 2 aromatic rings. The van der Waals surface area contributed by atoms with Crippen molar-refractivity contribution in [3.8, 4) is 5.75 Å². The number of methoxy groups -OCH3 is 1. The first kappa shape index (κ1) is 17.6. The molecule has 0 N–H and O–H groups in total. The average Bonchev–Trinajstić information content (AvgIpc) is 2.62. The highest BCUT2D eigenvalue weighted by atomic mass is 16.5. The lowest BCUT2D eigenvalue weighted by atomic mass is 10.0. The van der Waals surface area contributed by atoms with Gasteiger partial charge in [-0.2, -0.15) is 0 Å². The molecule has 4 heteroatoms. The second-order valence-electron chi connectivity index (χ2n) is 4.32. The maximum Gasteiger partial charge on any atom is 0.164 e. The van der Waals surface area contributed by atoms with E-state index in [2.05, 4.69) is 4.98 Å². The fraction of sp³-hybridized carbons (Fsp3) is 0.278. The Kier molecular flexibility index (Phi) is 7.54. The van der Waals surface area contributed by atoms with Crippen LogP contribution in [0.15, 0.2) is 48.8 Å². The number of aromatic nitrogens is 1. The maximum absolute atomic E-state index is 12.0. The van der Waals surface area contributed by atoms with E-state index in [1.807, 2.05) is 13.8 Å². The van der Waals surface area contributed by atoms with E-state index in [0.717, 1.165) is 0 Å². The maximum atomic E-state index is 12.0. The molecule has 0 atom stereocenters. The Morgan fingerprint density at radius 2 is 1.55 bits per heavy atom. The minimum absolute atomic E-state index is 0.0510. The second kappa shape index (κ2) is 9.45. The fourth-order valence-corrected chi connectivity index (χ4v) is 1.82. The molecule has 0 amide bonds. The second-order valence-corrected chi connectivity index (χ2v) is 4.32. The van der Waals surface area contributed by atoms with Gasteiger partial charge in [0.2, 0.25) is 0 Å². The van der Waals surface area contributed by atoms with Crippen molar-refractivity contribution in [3.63, 3.8) is 0 Å². The third-order valence-electron chi connectivity index (χ3n) is 2.97. The summed E-state index contributed by atoms with van der Waals surface area (Å²) < 4.78 is 5.03. The Hall–Kier alpha value is -2.49. The normalized spacial score (nSPS) is 9.41. The van der Waals surface area contributed by atoms with Crippen molar-refractivity contribution < 1.29 is 14.3 Å². The Morgan fingerprint density at radius 3 is 2.05 bits per heavy atom. The van der Waals surface area contributed by atoms with Gasteiger partial charge >= 0.3 is 0 Å². The topological polar surface area (TPSA) is 56.3 Å². The highest BCUT2D eigenvalue weighted by Gasteiger charge is 2.11. The summed E-state index contributed by atoms with van der Waals surface area (Å²) in [6.45, 7) is 4.00. The van der Waals surface area contributed by atoms with Gasteiger partial charge in [0.15, 0.2) is 11.6 Å². The molecule has 0 aliphatic rings. The summed E-state index contributed by atoms with van der Waals surface area (Å²) in [7, 11) is 1.57. The quantitative estimate of drug-likeness (QED) is 0.757. The molecule has 0 radical (unpaired) electrons. The van der Waals surface area contributed by atoms with Crippen LogP contribution in [0.4, 0.5) is 0 Å². The Bertz CT molecular complexity index is 591. The molecular formula is C18H21NO3. The number of rotatable bonds is 6. The summed E-state index contributed by atoms with van der Waals surface area (Å²) >= 11 is 0. The van der Waals surface area contributed by atoms with Crippen LogP contribution in [0.1, 0.15) is 47.4 Å². The molecule has 0 saturated carbocycles. The number of nitrogens with zero attached hydrogens (tertiary/aromatic N) is 1. The van der Waals surface area contributed by atoms with E-state index in [1.54, 1.807) is 49.7 Å². The smallest absolute Gasteiger partial charge is 0.164 e. The first-order valence-corrected chi connectivity index (χ1v) is 7.31. The van der Waals surface area contributed by atoms with E-state index in [1.165, 1.54) is 6.20 Å². The number of hydrogen-bond acceptors (Lipinski definition) is 4. The zero-order chi connectivity index (χ0) is 16.4. The Morgan fingerprint density at radius 1 is 0.955 bits per heavy atom. The van der Waals surface area contributed by atoms with Crippen LogP contribution < -0.4 is 4.74 Å². The van der Waals surface area contributed by atoms with Crippen molar-refractivity contribution in [1.82, 2.24) is 4.98 Å². The lowest BCUT2D eigenvalue weighted by Gasteiger charge is -2.03. The van der Waals surface area contributed by atoms with Crippen LogP contribution in [0.5, 0.6) is 5.75 Å². The van der Waals surface area contributed by atoms with Crippen LogP contribution in [0, 0.1) is 0 Å². The average molecular weight is 299 g/mol. The van der Waals surface area contributed by atoms with Crippen molar-refractivity contribution >= 4 is 11.6 Å². The van der Waals surface area contributed by atoms with E-state index < -0.39 is 0 Å². The Labute approximate surface area is 131 Å². The number of Topliss-reactive ketones (excluding diaryl/α,β-unsaturated/α-hetero) is 2. The number of ketones is 2. The van der Waals surface area contributed by atoms with Crippen molar-refractivity contribution in [2.45, 2.75) is 26.7 Å². The number of carbonyl (C=O) groups excluding carboxylic acids is 2. The number of ether oxygens (including phenoxy) is 1. The van der Waals surface area contributed by atoms with Gasteiger partial charge in [0.05, 0.1) is 7.11 Å². The summed E-state index contributed by atoms with van der Waals surface area (Å²) in [5.74, 6) is 0.581. The third kappa shape index (κ3) is 5.13. The van der Waals surface area contributed by atoms with Crippen molar-refractivity contribution in [3.05, 3.63) is 59.9 Å². The van der Waals surface area contributed by atoms with Gasteiger partial charge < -0.3 is 4.74 Å². The molecular weight excluding hydrogens is 278 g/mol. The highest BCUT2D eigenvalue weighted by Crippen LogP contribution is 2.14. The van der Waals surface area contributed by atoms with E-state index in [9.17, 15) is 9.59 Å². The minimum Gasteiger partial charge on any atom is -0.497 e. The van der Waals surface area contributed by atoms with Gasteiger partial charge in [-0.15, -0.1) is 0 Å². The van der Waals surface area contributed by atoms with Crippen molar-refractivity contribution in [2.75, 3.05) is 7.11 Å². The van der Waals surface area contributed by atoms with Crippen LogP contribution in [0.25, 0.3) is 0 Å². The molecule has 2 rings (SSSR count). The molecule has 1 aromatic carbocycles. The molecule has 0 saturated heterocycles. The number of benzene rings is 1. The largest absolute Gasteiger partial charge is 0.497 e. The number of pyridine rings is 1. The van der Waals surface area contributed by atoms with Gasteiger partial charge in [-0.1, -0.05) is 13.8 Å². The van der Waals surface area contributed by atoms with E-state index >= 15 is 0 Å². The van der Waals surface area contributed by atoms with Gasteiger partial charge in [0, 0.05) is 36.4 Å². The van der Waals surface area contributed by atoms with E-state index in [-0.39, 0.29) is 24.4 Å². The van der Waals surface area contributed by atoms with E-state index in [0.29, 0.717) is 16.9 Å². The standard InChI is InChI=1S/C16H15NO3.C2H6/c1-20-14-6-4-12(5-7-14)15(18)8-9-16(19)13-3-2-10-17-11-13;1-2/h2-7,10-11H,8-9H2,1H3;1-2H3. The molecule has 0 spiro atoms. The lowest BCUT2D eigenvalue weighted by Crippen LogP contribution is -2.05. The molecule has 22 heavy (non-hydrogen) atoms. The highest BCUT2D eigenvalue weighted by molar-refractivity contribution is 6.02. The molecule has 0 aliphatic heterocycles. The molecule has 0 fully saturated rings. The lowest BCUT2D eigenvalue weighted by molar-refractivity contribution is 0.0917. The SMILES string of the molecule is CC.COc1ccc(C(=O)CCC(=O)c2cccnc2)cc1. The van der Waals surface area contributed by atoms with Crippen molar-refractivity contribution in [1.29, 1.82) is 0 Å². The predicted octanol–water partition coefficient (Wildman–Crippen LogP) is 3.96. The summed E-state index contributed by atoms with van der Waals surface area (Å²) in [4.78, 5) is 27.7. The molecule has 0 aliphatic carbocycles. The van der Waals surface area contributed by atoms with Crippen molar-refractivity contribution in [2.24, 2.45) is 0 Å². The minimum atomic E-state index is -0.0695. The molecule has 0 unspecified atom stereocenters. The summed E-state index contributed by atoms with van der Waals surface area (Å²) in [5.41, 5.74) is 1.12. The van der Waals surface area contributed by atoms with E-state index in [4.69, 9.17) is 4.74 Å². The molecule has 116 valence electrons. The zero-order valence-corrected chi connectivity index (χ0v) is 13.2. The summed E-state index contributed by atoms with van der Waals surface area (Å²) in [6, 6.07) is 10.3. The van der Waals surface area contributed by atoms with Gasteiger partial charge in [-0.25, -0.2) is 0 Å². The monoisotopic (exact) mass is 299 g/mol. The molecule has 0 bridgehead atoms. The summed E-state index contributed by atoms with van der Waals surface area (Å²) in [6.07, 6.45) is 3.51. The van der Waals surface area contributed by atoms with Crippen LogP contribution in [-0.4, -0.2) is 23.7 Å².